The van der Waals surface area contributed by atoms with Gasteiger partial charge >= 0.3 is 0 Å². The summed E-state index contributed by atoms with van der Waals surface area (Å²) < 4.78 is 13.1. The summed E-state index contributed by atoms with van der Waals surface area (Å²) in [6, 6.07) is 9.14. The van der Waals surface area contributed by atoms with Crippen molar-refractivity contribution in [3.63, 3.8) is 0 Å². The molecule has 1 aromatic heterocycles. The molecule has 1 saturated heterocycles. The molecular formula is C21H19Cl2FN4O. The fourth-order valence-corrected chi connectivity index (χ4v) is 4.02. The third-order valence-corrected chi connectivity index (χ3v) is 5.53. The zero-order valence-corrected chi connectivity index (χ0v) is 17.3. The molecule has 0 N–H and O–H groups in total. The minimum absolute atomic E-state index is 0.0995. The van der Waals surface area contributed by atoms with Crippen LogP contribution in [0.15, 0.2) is 36.4 Å². The van der Waals surface area contributed by atoms with Gasteiger partial charge in [0.05, 0.1) is 10.5 Å². The number of fused-ring (bicyclic) bond motifs is 1. The van der Waals surface area contributed by atoms with E-state index in [9.17, 15) is 9.18 Å². The van der Waals surface area contributed by atoms with Crippen molar-refractivity contribution in [1.29, 1.82) is 0 Å². The molecule has 29 heavy (non-hydrogen) atoms. The van der Waals surface area contributed by atoms with Crippen LogP contribution < -0.4 is 4.90 Å². The molecule has 5 nitrogen and oxygen atoms in total. The normalized spacial score (nSPS) is 14.5. The van der Waals surface area contributed by atoms with Crippen LogP contribution in [0.25, 0.3) is 10.9 Å². The quantitative estimate of drug-likeness (QED) is 0.606. The fraction of sp³-hybridized carbons (Fsp3) is 0.286. The first-order valence-electron chi connectivity index (χ1n) is 9.41. The van der Waals surface area contributed by atoms with E-state index >= 15 is 0 Å². The van der Waals surface area contributed by atoms with Crippen LogP contribution in [0.5, 0.6) is 0 Å². The second-order valence-electron chi connectivity index (χ2n) is 6.89. The first-order valence-corrected chi connectivity index (χ1v) is 10.2. The van der Waals surface area contributed by atoms with Crippen LogP contribution in [-0.2, 0) is 6.42 Å². The number of hydrogen-bond acceptors (Lipinski definition) is 4. The Morgan fingerprint density at radius 3 is 2.41 bits per heavy atom. The average molecular weight is 433 g/mol. The highest BCUT2D eigenvalue weighted by atomic mass is 35.5. The van der Waals surface area contributed by atoms with Gasteiger partial charge in [0.25, 0.3) is 5.91 Å². The molecule has 0 atom stereocenters. The van der Waals surface area contributed by atoms with Gasteiger partial charge in [0.15, 0.2) is 0 Å². The standard InChI is InChI=1S/C21H19Cl2FN4O/c1-2-18-25-19-16(11-14(22)12-17(19)23)20(26-18)27-7-9-28(10-8-27)21(29)13-3-5-15(24)6-4-13/h3-6,11-12H,2,7-10H2,1H3. The zero-order chi connectivity index (χ0) is 20.5. The lowest BCUT2D eigenvalue weighted by Gasteiger charge is -2.36. The molecule has 4 rings (SSSR count). The number of anilines is 1. The van der Waals surface area contributed by atoms with Gasteiger partial charge in [0, 0.05) is 48.6 Å². The molecular weight excluding hydrogens is 414 g/mol. The van der Waals surface area contributed by atoms with Crippen molar-refractivity contribution in [1.82, 2.24) is 14.9 Å². The molecule has 1 amide bonds. The lowest BCUT2D eigenvalue weighted by atomic mass is 10.1. The lowest BCUT2D eigenvalue weighted by molar-refractivity contribution is 0.0746. The molecule has 8 heteroatoms. The highest BCUT2D eigenvalue weighted by molar-refractivity contribution is 6.38. The Bertz CT molecular complexity index is 1070. The van der Waals surface area contributed by atoms with Gasteiger partial charge in [0.2, 0.25) is 0 Å². The summed E-state index contributed by atoms with van der Waals surface area (Å²) in [6.07, 6.45) is 0.685. The van der Waals surface area contributed by atoms with Crippen LogP contribution in [0.1, 0.15) is 23.1 Å². The summed E-state index contributed by atoms with van der Waals surface area (Å²) in [7, 11) is 0. The van der Waals surface area contributed by atoms with Crippen molar-refractivity contribution in [3.05, 3.63) is 63.6 Å². The Kier molecular flexibility index (Phi) is 5.56. The first-order chi connectivity index (χ1) is 14.0. The molecule has 0 unspecified atom stereocenters. The van der Waals surface area contributed by atoms with Crippen molar-refractivity contribution in [3.8, 4) is 0 Å². The molecule has 1 aliphatic heterocycles. The number of aryl methyl sites for hydroxylation is 1. The van der Waals surface area contributed by atoms with Crippen molar-refractivity contribution in [2.45, 2.75) is 13.3 Å². The van der Waals surface area contributed by atoms with E-state index < -0.39 is 0 Å². The number of carbonyl (C=O) groups is 1. The second kappa shape index (κ2) is 8.13. The maximum Gasteiger partial charge on any atom is 0.253 e. The van der Waals surface area contributed by atoms with E-state index in [0.29, 0.717) is 59.5 Å². The Labute approximate surface area is 178 Å². The largest absolute Gasteiger partial charge is 0.352 e. The minimum Gasteiger partial charge on any atom is -0.352 e. The molecule has 1 aliphatic rings. The van der Waals surface area contributed by atoms with Crippen molar-refractivity contribution in [2.24, 2.45) is 0 Å². The van der Waals surface area contributed by atoms with Crippen LogP contribution in [0.4, 0.5) is 10.2 Å². The number of amides is 1. The van der Waals surface area contributed by atoms with Crippen molar-refractivity contribution < 1.29 is 9.18 Å². The highest BCUT2D eigenvalue weighted by Gasteiger charge is 2.25. The smallest absolute Gasteiger partial charge is 0.253 e. The van der Waals surface area contributed by atoms with E-state index in [1.54, 1.807) is 11.0 Å². The van der Waals surface area contributed by atoms with E-state index in [1.807, 2.05) is 13.0 Å². The maximum absolute atomic E-state index is 13.1. The third-order valence-electron chi connectivity index (χ3n) is 5.02. The number of hydrogen-bond donors (Lipinski definition) is 0. The number of nitrogens with zero attached hydrogens (tertiary/aromatic N) is 4. The molecule has 0 spiro atoms. The van der Waals surface area contributed by atoms with Crippen LogP contribution >= 0.6 is 23.2 Å². The molecule has 2 heterocycles. The summed E-state index contributed by atoms with van der Waals surface area (Å²) in [4.78, 5) is 25.9. The lowest BCUT2D eigenvalue weighted by Crippen LogP contribution is -2.49. The number of benzene rings is 2. The van der Waals surface area contributed by atoms with E-state index in [0.717, 1.165) is 11.2 Å². The summed E-state index contributed by atoms with van der Waals surface area (Å²) >= 11 is 12.6. The number of aromatic nitrogens is 2. The first kappa shape index (κ1) is 19.9. The number of piperazine rings is 1. The summed E-state index contributed by atoms with van der Waals surface area (Å²) in [5, 5.41) is 1.83. The maximum atomic E-state index is 13.1. The van der Waals surface area contributed by atoms with Crippen molar-refractivity contribution in [2.75, 3.05) is 31.1 Å². The Hall–Kier alpha value is -2.44. The third kappa shape index (κ3) is 4.00. The van der Waals surface area contributed by atoms with Gasteiger partial charge in [-0.3, -0.25) is 4.79 Å². The van der Waals surface area contributed by atoms with Crippen LogP contribution in [-0.4, -0.2) is 47.0 Å². The van der Waals surface area contributed by atoms with Crippen LogP contribution in [0, 0.1) is 5.82 Å². The monoisotopic (exact) mass is 432 g/mol. The van der Waals surface area contributed by atoms with Gasteiger partial charge in [-0.25, -0.2) is 14.4 Å². The number of halogens is 3. The fourth-order valence-electron chi connectivity index (χ4n) is 3.48. The molecule has 0 aliphatic carbocycles. The van der Waals surface area contributed by atoms with E-state index in [4.69, 9.17) is 28.2 Å². The second-order valence-corrected chi connectivity index (χ2v) is 7.73. The van der Waals surface area contributed by atoms with Crippen LogP contribution in [0.2, 0.25) is 10.0 Å². The number of carbonyl (C=O) groups excluding carboxylic acids is 1. The summed E-state index contributed by atoms with van der Waals surface area (Å²) in [5.41, 5.74) is 1.17. The minimum atomic E-state index is -0.356. The van der Waals surface area contributed by atoms with Gasteiger partial charge in [0.1, 0.15) is 17.5 Å². The average Bonchev–Trinajstić information content (AvgIpc) is 2.73. The van der Waals surface area contributed by atoms with Gasteiger partial charge in [-0.1, -0.05) is 30.1 Å². The predicted molar refractivity (Wildman–Crippen MR) is 113 cm³/mol. The van der Waals surface area contributed by atoms with Gasteiger partial charge in [-0.05, 0) is 36.4 Å². The molecule has 3 aromatic rings. The van der Waals surface area contributed by atoms with Crippen molar-refractivity contribution >= 4 is 45.8 Å². The predicted octanol–water partition coefficient (Wildman–Crippen LogP) is 4.60. The highest BCUT2D eigenvalue weighted by Crippen LogP contribution is 2.32. The van der Waals surface area contributed by atoms with E-state index in [-0.39, 0.29) is 11.7 Å². The number of rotatable bonds is 3. The molecule has 150 valence electrons. The molecule has 0 bridgehead atoms. The SMILES string of the molecule is CCc1nc(N2CCN(C(=O)c3ccc(F)cc3)CC2)c2cc(Cl)cc(Cl)c2n1. The molecule has 0 radical (unpaired) electrons. The molecule has 0 saturated carbocycles. The van der Waals surface area contributed by atoms with Crippen LogP contribution in [0.3, 0.4) is 0 Å². The topological polar surface area (TPSA) is 49.3 Å². The van der Waals surface area contributed by atoms with E-state index in [2.05, 4.69) is 9.88 Å². The zero-order valence-electron chi connectivity index (χ0n) is 15.8. The Morgan fingerprint density at radius 2 is 1.76 bits per heavy atom. The Morgan fingerprint density at radius 1 is 1.07 bits per heavy atom. The van der Waals surface area contributed by atoms with E-state index in [1.165, 1.54) is 24.3 Å². The summed E-state index contributed by atoms with van der Waals surface area (Å²) in [6.45, 7) is 4.31. The van der Waals surface area contributed by atoms with Gasteiger partial charge in [-0.2, -0.15) is 0 Å². The molecule has 2 aromatic carbocycles. The Balaban J connectivity index is 1.59. The van der Waals surface area contributed by atoms with Gasteiger partial charge in [-0.15, -0.1) is 0 Å². The molecule has 1 fully saturated rings. The van der Waals surface area contributed by atoms with Gasteiger partial charge < -0.3 is 9.80 Å². The summed E-state index contributed by atoms with van der Waals surface area (Å²) in [5.74, 6) is 1.04.